The summed E-state index contributed by atoms with van der Waals surface area (Å²) in [7, 11) is 0. The van der Waals surface area contributed by atoms with Crippen LogP contribution in [0.25, 0.3) is 0 Å². The topological polar surface area (TPSA) is 117 Å². The number of amides is 2. The Morgan fingerprint density at radius 2 is 1.81 bits per heavy atom. The molecule has 2 aromatic rings. The van der Waals surface area contributed by atoms with Crippen molar-refractivity contribution in [3.63, 3.8) is 0 Å². The van der Waals surface area contributed by atoms with Crippen molar-refractivity contribution >= 4 is 35.2 Å². The van der Waals surface area contributed by atoms with E-state index in [4.69, 9.17) is 4.84 Å². The molecule has 2 unspecified atom stereocenters. The summed E-state index contributed by atoms with van der Waals surface area (Å²) in [6, 6.07) is 7.12. The van der Waals surface area contributed by atoms with Gasteiger partial charge in [0.2, 0.25) is 17.6 Å². The number of nitrogens with one attached hydrogen (secondary N) is 2. The van der Waals surface area contributed by atoms with Gasteiger partial charge in [-0.2, -0.15) is 13.2 Å². The van der Waals surface area contributed by atoms with Crippen molar-refractivity contribution in [2.75, 3.05) is 10.6 Å². The predicted octanol–water partition coefficient (Wildman–Crippen LogP) is 4.38. The molecule has 2 aromatic carbocycles. The molecule has 1 heterocycles. The fraction of sp³-hybridized carbons (Fsp3) is 0.360. The molecule has 0 spiro atoms. The van der Waals surface area contributed by atoms with E-state index in [1.54, 1.807) is 6.92 Å². The molecule has 3 N–H and O–H groups in total. The molecule has 3 rings (SSSR count). The predicted molar refractivity (Wildman–Crippen MR) is 127 cm³/mol. The first-order valence-electron chi connectivity index (χ1n) is 11.1. The van der Waals surface area contributed by atoms with E-state index < -0.39 is 47.3 Å². The lowest BCUT2D eigenvalue weighted by atomic mass is 9.73. The van der Waals surface area contributed by atoms with Gasteiger partial charge in [0.25, 0.3) is 5.91 Å². The van der Waals surface area contributed by atoms with Crippen LogP contribution in [0.2, 0.25) is 0 Å². The van der Waals surface area contributed by atoms with Crippen LogP contribution in [-0.2, 0) is 24.6 Å². The average Bonchev–Trinajstić information content (AvgIpc) is 2.79. The molecule has 2 atom stereocenters. The number of nitrogens with zero attached hydrogens (tertiary/aromatic N) is 1. The van der Waals surface area contributed by atoms with Gasteiger partial charge in [0.1, 0.15) is 5.82 Å². The van der Waals surface area contributed by atoms with Crippen molar-refractivity contribution in [1.82, 2.24) is 0 Å². The number of alkyl halides is 3. The van der Waals surface area contributed by atoms with Crippen LogP contribution in [-0.4, -0.2) is 40.7 Å². The number of rotatable bonds is 7. The lowest BCUT2D eigenvalue weighted by Crippen LogP contribution is -2.57. The first-order chi connectivity index (χ1) is 17.1. The van der Waals surface area contributed by atoms with Crippen LogP contribution in [0.15, 0.2) is 41.6 Å². The lowest BCUT2D eigenvalue weighted by Gasteiger charge is -2.37. The number of aliphatic hydroxyl groups is 1. The number of carbonyl (C=O) groups is 3. The molecule has 0 saturated carbocycles. The summed E-state index contributed by atoms with van der Waals surface area (Å²) in [4.78, 5) is 40.8. The maximum absolute atomic E-state index is 14.2. The lowest BCUT2D eigenvalue weighted by molar-refractivity contribution is -0.254. The molecule has 12 heteroatoms. The molecule has 198 valence electrons. The van der Waals surface area contributed by atoms with Crippen LogP contribution in [0.3, 0.4) is 0 Å². The molecule has 37 heavy (non-hydrogen) atoms. The second kappa shape index (κ2) is 9.92. The third-order valence-corrected chi connectivity index (χ3v) is 6.00. The van der Waals surface area contributed by atoms with Gasteiger partial charge in [0.05, 0.1) is 5.71 Å². The highest BCUT2D eigenvalue weighted by atomic mass is 19.4. The summed E-state index contributed by atoms with van der Waals surface area (Å²) >= 11 is 0. The molecule has 0 aliphatic carbocycles. The molecule has 0 saturated heterocycles. The van der Waals surface area contributed by atoms with Crippen LogP contribution in [0, 0.1) is 5.82 Å². The van der Waals surface area contributed by atoms with E-state index >= 15 is 0 Å². The number of carbonyl (C=O) groups excluding carboxylic acids is 3. The van der Waals surface area contributed by atoms with Gasteiger partial charge in [0, 0.05) is 35.8 Å². The van der Waals surface area contributed by atoms with E-state index in [-0.39, 0.29) is 16.9 Å². The highest BCUT2D eigenvalue weighted by Gasteiger charge is 2.61. The van der Waals surface area contributed by atoms with Crippen molar-refractivity contribution in [1.29, 1.82) is 0 Å². The Labute approximate surface area is 209 Å². The van der Waals surface area contributed by atoms with Crippen molar-refractivity contribution in [3.05, 3.63) is 58.9 Å². The number of fused-ring (bicyclic) bond motifs is 1. The zero-order valence-corrected chi connectivity index (χ0v) is 20.4. The minimum Gasteiger partial charge on any atom is -0.380 e. The Hall–Kier alpha value is -3.80. The summed E-state index contributed by atoms with van der Waals surface area (Å²) in [6.45, 7) is 5.30. The maximum atomic E-state index is 14.2. The zero-order chi connectivity index (χ0) is 27.8. The summed E-state index contributed by atoms with van der Waals surface area (Å²) in [5, 5.41) is 19.0. The van der Waals surface area contributed by atoms with Gasteiger partial charge >= 0.3 is 6.18 Å². The highest BCUT2D eigenvalue weighted by Crippen LogP contribution is 2.44. The molecule has 0 aromatic heterocycles. The van der Waals surface area contributed by atoms with E-state index in [1.165, 1.54) is 45.0 Å². The van der Waals surface area contributed by atoms with Gasteiger partial charge in [-0.05, 0) is 48.2 Å². The first kappa shape index (κ1) is 27.8. The molecular weight excluding hydrogens is 498 g/mol. The van der Waals surface area contributed by atoms with Crippen LogP contribution >= 0.6 is 0 Å². The number of benzene rings is 2. The summed E-state index contributed by atoms with van der Waals surface area (Å²) < 4.78 is 56.6. The Morgan fingerprint density at radius 3 is 2.41 bits per heavy atom. The van der Waals surface area contributed by atoms with Crippen molar-refractivity contribution < 1.29 is 41.9 Å². The number of anilines is 2. The fourth-order valence-electron chi connectivity index (χ4n) is 4.19. The number of oxime groups is 1. The minimum absolute atomic E-state index is 0.0419. The Morgan fingerprint density at radius 1 is 1.14 bits per heavy atom. The molecule has 8 nitrogen and oxygen atoms in total. The molecule has 0 radical (unpaired) electrons. The Balaban J connectivity index is 1.98. The number of halogens is 4. The van der Waals surface area contributed by atoms with E-state index in [2.05, 4.69) is 15.8 Å². The first-order valence-corrected chi connectivity index (χ1v) is 11.1. The van der Waals surface area contributed by atoms with Crippen LogP contribution in [0.1, 0.15) is 56.9 Å². The van der Waals surface area contributed by atoms with Crippen LogP contribution in [0.5, 0.6) is 0 Å². The quantitative estimate of drug-likeness (QED) is 0.368. The third kappa shape index (κ3) is 5.63. The smallest absolute Gasteiger partial charge is 0.380 e. The normalized spacial score (nSPS) is 17.0. The van der Waals surface area contributed by atoms with Gasteiger partial charge in [-0.1, -0.05) is 25.1 Å². The van der Waals surface area contributed by atoms with Gasteiger partial charge < -0.3 is 20.6 Å². The van der Waals surface area contributed by atoms with Gasteiger partial charge in [0.15, 0.2) is 6.29 Å². The van der Waals surface area contributed by atoms with Gasteiger partial charge in [-0.15, -0.1) is 0 Å². The summed E-state index contributed by atoms with van der Waals surface area (Å²) in [5.41, 5.74) is -4.53. The van der Waals surface area contributed by atoms with Gasteiger partial charge in [-0.3, -0.25) is 14.4 Å². The Bertz CT molecular complexity index is 1280. The van der Waals surface area contributed by atoms with Gasteiger partial charge in [-0.25, -0.2) is 4.39 Å². The molecule has 1 aliphatic rings. The highest BCUT2D eigenvalue weighted by molar-refractivity contribution is 6.04. The maximum Gasteiger partial charge on any atom is 0.426 e. The second-order valence-corrected chi connectivity index (χ2v) is 9.38. The van der Waals surface area contributed by atoms with Crippen molar-refractivity contribution in [2.45, 2.75) is 57.4 Å². The molecule has 2 amide bonds. The van der Waals surface area contributed by atoms with E-state index in [1.807, 2.05) is 0 Å². The Kier molecular flexibility index (Phi) is 7.45. The molecular formula is C25H25F4N3O5. The standard InChI is InChI=1S/C25H25F4N3O5/c1-13-18-10-16(6-7-17(18)21(11-33)37-32-13)31-22(35)24(36,25(27,28)29)12-23(3,4)19-9-15(26)5-8-20(19)30-14(2)34/h5-11,21,36H,12H2,1-4H3,(H,30,34)(H,31,35). The van der Waals surface area contributed by atoms with Crippen LogP contribution < -0.4 is 10.6 Å². The van der Waals surface area contributed by atoms with E-state index in [0.29, 0.717) is 23.1 Å². The largest absolute Gasteiger partial charge is 0.426 e. The van der Waals surface area contributed by atoms with Crippen molar-refractivity contribution in [2.24, 2.45) is 5.16 Å². The molecule has 0 fully saturated rings. The number of aldehydes is 1. The summed E-state index contributed by atoms with van der Waals surface area (Å²) in [5.74, 6) is -3.08. The molecule has 0 bridgehead atoms. The third-order valence-electron chi connectivity index (χ3n) is 6.00. The number of hydrogen-bond donors (Lipinski definition) is 3. The minimum atomic E-state index is -5.42. The average molecular weight is 523 g/mol. The van der Waals surface area contributed by atoms with E-state index in [0.717, 1.165) is 12.1 Å². The molecule has 1 aliphatic heterocycles. The second-order valence-electron chi connectivity index (χ2n) is 9.38. The van der Waals surface area contributed by atoms with Crippen LogP contribution in [0.4, 0.5) is 28.9 Å². The summed E-state index contributed by atoms with van der Waals surface area (Å²) in [6.07, 6.45) is -7.13. The fourth-order valence-corrected chi connectivity index (χ4v) is 4.19. The monoisotopic (exact) mass is 523 g/mol. The van der Waals surface area contributed by atoms with E-state index in [9.17, 15) is 37.1 Å². The van der Waals surface area contributed by atoms with Crippen molar-refractivity contribution in [3.8, 4) is 0 Å². The number of hydrogen-bond acceptors (Lipinski definition) is 6. The SMILES string of the molecule is CC(=O)Nc1ccc(F)cc1C(C)(C)CC(O)(C(=O)Nc1ccc2c(c1)C(C)=NOC2C=O)C(F)(F)F. The zero-order valence-electron chi connectivity index (χ0n) is 20.4.